The van der Waals surface area contributed by atoms with E-state index in [9.17, 15) is 5.11 Å². The molecular formula is C9H13N3OS. The number of hydrogen-bond acceptors (Lipinski definition) is 4. The number of nitrogens with two attached hydrogens (primary N) is 1. The van der Waals surface area contributed by atoms with Gasteiger partial charge in [-0.2, -0.15) is 0 Å². The van der Waals surface area contributed by atoms with Gasteiger partial charge in [-0.05, 0) is 19.9 Å². The summed E-state index contributed by atoms with van der Waals surface area (Å²) in [6.45, 7) is 2.40. The lowest BCUT2D eigenvalue weighted by atomic mass is 10.1. The minimum atomic E-state index is -0.510. The van der Waals surface area contributed by atoms with Crippen LogP contribution in [0.5, 0.6) is 0 Å². The highest BCUT2D eigenvalue weighted by molar-refractivity contribution is 7.15. The Hall–Kier alpha value is -0.910. The number of imidazole rings is 1. The Morgan fingerprint density at radius 1 is 1.71 bits per heavy atom. The monoisotopic (exact) mass is 211 g/mol. The number of rotatable bonds is 3. The number of aromatic nitrogens is 2. The maximum absolute atomic E-state index is 9.87. The molecular weight excluding hydrogens is 198 g/mol. The smallest absolute Gasteiger partial charge is 0.194 e. The molecule has 0 aliphatic rings. The first-order valence-corrected chi connectivity index (χ1v) is 5.42. The maximum atomic E-state index is 9.87. The summed E-state index contributed by atoms with van der Waals surface area (Å²) in [6, 6.07) is 0. The second-order valence-electron chi connectivity index (χ2n) is 3.23. The van der Waals surface area contributed by atoms with Crippen LogP contribution in [-0.4, -0.2) is 21.0 Å². The van der Waals surface area contributed by atoms with Crippen molar-refractivity contribution in [2.45, 2.75) is 19.4 Å². The Bertz CT molecular complexity index is 434. The lowest BCUT2D eigenvalue weighted by Gasteiger charge is -2.08. The van der Waals surface area contributed by atoms with Gasteiger partial charge in [0.15, 0.2) is 4.96 Å². The molecule has 0 spiro atoms. The Labute approximate surface area is 86.0 Å². The number of thiazole rings is 1. The van der Waals surface area contributed by atoms with E-state index in [1.807, 2.05) is 22.9 Å². The number of aliphatic hydroxyl groups is 1. The van der Waals surface area contributed by atoms with Crippen molar-refractivity contribution >= 4 is 16.3 Å². The molecule has 3 N–H and O–H groups in total. The molecule has 5 heteroatoms. The third-order valence-electron chi connectivity index (χ3n) is 2.24. The topological polar surface area (TPSA) is 63.5 Å². The van der Waals surface area contributed by atoms with Crippen LogP contribution in [0.1, 0.15) is 23.9 Å². The van der Waals surface area contributed by atoms with Crippen molar-refractivity contribution in [1.82, 2.24) is 9.38 Å². The van der Waals surface area contributed by atoms with E-state index in [-0.39, 0.29) is 0 Å². The van der Waals surface area contributed by atoms with Gasteiger partial charge in [-0.25, -0.2) is 4.98 Å². The molecule has 2 heterocycles. The number of aryl methyl sites for hydroxylation is 1. The van der Waals surface area contributed by atoms with Crippen LogP contribution in [0.4, 0.5) is 0 Å². The van der Waals surface area contributed by atoms with E-state index >= 15 is 0 Å². The van der Waals surface area contributed by atoms with Crippen LogP contribution >= 0.6 is 11.3 Å². The third-order valence-corrected chi connectivity index (χ3v) is 3.00. The molecule has 0 fully saturated rings. The summed E-state index contributed by atoms with van der Waals surface area (Å²) in [7, 11) is 0. The van der Waals surface area contributed by atoms with Crippen LogP contribution in [-0.2, 0) is 0 Å². The quantitative estimate of drug-likeness (QED) is 0.798. The molecule has 2 aromatic rings. The molecule has 4 nitrogen and oxygen atoms in total. The molecule has 1 atom stereocenters. The zero-order valence-corrected chi connectivity index (χ0v) is 8.79. The Morgan fingerprint density at radius 2 is 2.50 bits per heavy atom. The van der Waals surface area contributed by atoms with Gasteiger partial charge < -0.3 is 10.8 Å². The number of nitrogens with zero attached hydrogens (tertiary/aromatic N) is 2. The molecule has 0 bridgehead atoms. The summed E-state index contributed by atoms with van der Waals surface area (Å²) in [5, 5.41) is 11.8. The normalized spacial score (nSPS) is 13.6. The molecule has 0 saturated heterocycles. The highest BCUT2D eigenvalue weighted by Gasteiger charge is 2.16. The second-order valence-corrected chi connectivity index (χ2v) is 4.10. The van der Waals surface area contributed by atoms with Crippen molar-refractivity contribution in [2.24, 2.45) is 5.73 Å². The lowest BCUT2D eigenvalue weighted by Crippen LogP contribution is -2.09. The van der Waals surface area contributed by atoms with Gasteiger partial charge in [0.25, 0.3) is 0 Å². The van der Waals surface area contributed by atoms with Gasteiger partial charge in [-0.15, -0.1) is 11.3 Å². The van der Waals surface area contributed by atoms with Gasteiger partial charge in [-0.1, -0.05) is 0 Å². The van der Waals surface area contributed by atoms with Crippen LogP contribution in [0.2, 0.25) is 0 Å². The molecule has 14 heavy (non-hydrogen) atoms. The zero-order valence-electron chi connectivity index (χ0n) is 7.97. The van der Waals surface area contributed by atoms with Gasteiger partial charge in [-0.3, -0.25) is 4.40 Å². The fourth-order valence-electron chi connectivity index (χ4n) is 1.61. The van der Waals surface area contributed by atoms with Crippen LogP contribution in [0.3, 0.4) is 0 Å². The van der Waals surface area contributed by atoms with Crippen LogP contribution in [0.15, 0.2) is 11.6 Å². The Morgan fingerprint density at radius 3 is 3.21 bits per heavy atom. The zero-order chi connectivity index (χ0) is 10.1. The van der Waals surface area contributed by atoms with E-state index in [1.54, 1.807) is 11.3 Å². The van der Waals surface area contributed by atoms with Crippen molar-refractivity contribution < 1.29 is 5.11 Å². The standard InChI is InChI=1S/C9H13N3OS/c1-6-8(7(13)2-3-10)12-4-5-14-9(12)11-6/h4-5,7,13H,2-3,10H2,1H3/t7-/m1/s1. The molecule has 0 aromatic carbocycles. The van der Waals surface area contributed by atoms with Gasteiger partial charge in [0, 0.05) is 11.6 Å². The van der Waals surface area contributed by atoms with Crippen LogP contribution < -0.4 is 5.73 Å². The molecule has 0 unspecified atom stereocenters. The van der Waals surface area contributed by atoms with E-state index in [4.69, 9.17) is 5.73 Å². The predicted octanol–water partition coefficient (Wildman–Crippen LogP) is 1.09. The molecule has 2 aromatic heterocycles. The van der Waals surface area contributed by atoms with Gasteiger partial charge in [0.2, 0.25) is 0 Å². The Kier molecular flexibility index (Phi) is 2.54. The van der Waals surface area contributed by atoms with E-state index in [0.717, 1.165) is 16.3 Å². The minimum Gasteiger partial charge on any atom is -0.387 e. The first-order valence-electron chi connectivity index (χ1n) is 4.54. The van der Waals surface area contributed by atoms with Gasteiger partial charge in [0.05, 0.1) is 17.5 Å². The first kappa shape index (κ1) is 9.64. The fraction of sp³-hybridized carbons (Fsp3) is 0.444. The van der Waals surface area contributed by atoms with Crippen molar-refractivity contribution in [2.75, 3.05) is 6.54 Å². The highest BCUT2D eigenvalue weighted by Crippen LogP contribution is 2.23. The molecule has 0 amide bonds. The summed E-state index contributed by atoms with van der Waals surface area (Å²) >= 11 is 1.57. The third kappa shape index (κ3) is 1.43. The SMILES string of the molecule is Cc1nc2sccn2c1[C@H](O)CCN. The average Bonchev–Trinajstić information content (AvgIpc) is 2.63. The molecule has 0 aliphatic carbocycles. The highest BCUT2D eigenvalue weighted by atomic mass is 32.1. The van der Waals surface area contributed by atoms with Crippen LogP contribution in [0, 0.1) is 6.92 Å². The van der Waals surface area contributed by atoms with Crippen molar-refractivity contribution in [3.8, 4) is 0 Å². The van der Waals surface area contributed by atoms with Crippen molar-refractivity contribution in [1.29, 1.82) is 0 Å². The van der Waals surface area contributed by atoms with E-state index in [0.29, 0.717) is 13.0 Å². The molecule has 0 aliphatic heterocycles. The molecule has 76 valence electrons. The summed E-state index contributed by atoms with van der Waals surface area (Å²) in [5.74, 6) is 0. The molecule has 0 radical (unpaired) electrons. The summed E-state index contributed by atoms with van der Waals surface area (Å²) < 4.78 is 1.93. The molecule has 0 saturated carbocycles. The summed E-state index contributed by atoms with van der Waals surface area (Å²) in [6.07, 6.45) is 1.99. The molecule has 2 rings (SSSR count). The number of hydrogen-bond donors (Lipinski definition) is 2. The largest absolute Gasteiger partial charge is 0.387 e. The minimum absolute atomic E-state index is 0.484. The predicted molar refractivity (Wildman–Crippen MR) is 56.4 cm³/mol. The maximum Gasteiger partial charge on any atom is 0.194 e. The Balaban J connectivity index is 2.47. The van der Waals surface area contributed by atoms with Crippen LogP contribution in [0.25, 0.3) is 4.96 Å². The van der Waals surface area contributed by atoms with E-state index in [2.05, 4.69) is 4.98 Å². The lowest BCUT2D eigenvalue weighted by molar-refractivity contribution is 0.164. The summed E-state index contributed by atoms with van der Waals surface area (Å²) in [4.78, 5) is 5.28. The average molecular weight is 211 g/mol. The fourth-order valence-corrected chi connectivity index (χ4v) is 2.37. The van der Waals surface area contributed by atoms with Gasteiger partial charge in [0.1, 0.15) is 0 Å². The van der Waals surface area contributed by atoms with Crippen molar-refractivity contribution in [3.05, 3.63) is 23.0 Å². The second kappa shape index (κ2) is 3.68. The first-order chi connectivity index (χ1) is 6.74. The van der Waals surface area contributed by atoms with E-state index in [1.165, 1.54) is 0 Å². The number of fused-ring (bicyclic) bond motifs is 1. The number of aliphatic hydroxyl groups excluding tert-OH is 1. The summed E-state index contributed by atoms with van der Waals surface area (Å²) in [5.41, 5.74) is 7.17. The van der Waals surface area contributed by atoms with E-state index < -0.39 is 6.10 Å². The van der Waals surface area contributed by atoms with Crippen molar-refractivity contribution in [3.63, 3.8) is 0 Å². The van der Waals surface area contributed by atoms with Gasteiger partial charge >= 0.3 is 0 Å².